The van der Waals surface area contributed by atoms with Crippen LogP contribution in [0, 0.1) is 16.0 Å². The third-order valence-corrected chi connectivity index (χ3v) is 3.28. The Balaban J connectivity index is 2.28. The van der Waals surface area contributed by atoms with E-state index in [9.17, 15) is 14.9 Å². The van der Waals surface area contributed by atoms with Crippen LogP contribution in [0.2, 0.25) is 5.02 Å². The van der Waals surface area contributed by atoms with Gasteiger partial charge in [-0.15, -0.1) is 0 Å². The largest absolute Gasteiger partial charge is 0.341 e. The lowest BCUT2D eigenvalue weighted by atomic mass is 10.1. The monoisotopic (exact) mass is 268 g/mol. The molecule has 0 unspecified atom stereocenters. The first kappa shape index (κ1) is 12.8. The molecule has 96 valence electrons. The highest BCUT2D eigenvalue weighted by molar-refractivity contribution is 6.33. The molecule has 1 amide bonds. The molecular formula is C12H13ClN2O3. The number of para-hydroxylation sites is 1. The zero-order chi connectivity index (χ0) is 13.3. The number of nitro benzene ring substituents is 1. The molecule has 0 aromatic heterocycles. The second-order valence-electron chi connectivity index (χ2n) is 4.52. The van der Waals surface area contributed by atoms with Crippen molar-refractivity contribution >= 4 is 23.2 Å². The third kappa shape index (κ3) is 2.61. The first-order chi connectivity index (χ1) is 8.50. The second-order valence-corrected chi connectivity index (χ2v) is 4.93. The Morgan fingerprint density at radius 2 is 2.22 bits per heavy atom. The second kappa shape index (κ2) is 4.94. The fourth-order valence-corrected chi connectivity index (χ4v) is 2.09. The lowest BCUT2D eigenvalue weighted by Crippen LogP contribution is -2.29. The predicted molar refractivity (Wildman–Crippen MR) is 67.8 cm³/mol. The van der Waals surface area contributed by atoms with Crippen LogP contribution in [0.4, 0.5) is 5.69 Å². The topological polar surface area (TPSA) is 63.5 Å². The van der Waals surface area contributed by atoms with Crippen molar-refractivity contribution < 1.29 is 9.72 Å². The first-order valence-corrected chi connectivity index (χ1v) is 6.07. The van der Waals surface area contributed by atoms with Gasteiger partial charge < -0.3 is 4.90 Å². The number of rotatable bonds is 4. The highest BCUT2D eigenvalue weighted by atomic mass is 35.5. The lowest BCUT2D eigenvalue weighted by Gasteiger charge is -2.16. The molecule has 0 N–H and O–H groups in total. The van der Waals surface area contributed by atoms with E-state index in [0.717, 1.165) is 12.8 Å². The van der Waals surface area contributed by atoms with Gasteiger partial charge >= 0.3 is 5.69 Å². The maximum Gasteiger partial charge on any atom is 0.300 e. The Morgan fingerprint density at radius 1 is 1.56 bits per heavy atom. The van der Waals surface area contributed by atoms with Gasteiger partial charge in [-0.05, 0) is 30.9 Å². The van der Waals surface area contributed by atoms with Crippen LogP contribution in [-0.4, -0.2) is 29.3 Å². The Morgan fingerprint density at radius 3 is 2.78 bits per heavy atom. The van der Waals surface area contributed by atoms with Crippen LogP contribution in [-0.2, 0) is 0 Å². The van der Waals surface area contributed by atoms with E-state index in [-0.39, 0.29) is 22.2 Å². The maximum absolute atomic E-state index is 12.1. The number of hydrogen-bond donors (Lipinski definition) is 0. The highest BCUT2D eigenvalue weighted by Crippen LogP contribution is 2.32. The molecule has 18 heavy (non-hydrogen) atoms. The molecule has 0 bridgehead atoms. The zero-order valence-electron chi connectivity index (χ0n) is 9.93. The van der Waals surface area contributed by atoms with E-state index < -0.39 is 4.92 Å². The van der Waals surface area contributed by atoms with Crippen molar-refractivity contribution in [3.05, 3.63) is 38.9 Å². The van der Waals surface area contributed by atoms with Gasteiger partial charge in [-0.25, -0.2) is 0 Å². The number of hydrogen-bond acceptors (Lipinski definition) is 3. The molecule has 1 fully saturated rings. The van der Waals surface area contributed by atoms with E-state index in [2.05, 4.69) is 0 Å². The molecule has 0 radical (unpaired) electrons. The van der Waals surface area contributed by atoms with Gasteiger partial charge in [0.05, 0.1) is 4.92 Å². The molecule has 0 aliphatic heterocycles. The molecule has 0 saturated heterocycles. The molecule has 1 saturated carbocycles. The molecular weight excluding hydrogens is 256 g/mol. The minimum absolute atomic E-state index is 0.00864. The Hall–Kier alpha value is -1.62. The average Bonchev–Trinajstić information content (AvgIpc) is 3.11. The van der Waals surface area contributed by atoms with E-state index in [4.69, 9.17) is 11.6 Å². The van der Waals surface area contributed by atoms with Crippen LogP contribution in [0.1, 0.15) is 23.2 Å². The Bertz CT molecular complexity index is 500. The number of carbonyl (C=O) groups excluding carboxylic acids is 1. The van der Waals surface area contributed by atoms with Gasteiger partial charge in [-0.3, -0.25) is 14.9 Å². The zero-order valence-corrected chi connectivity index (χ0v) is 10.7. The molecule has 1 aromatic rings. The van der Waals surface area contributed by atoms with Crippen LogP contribution in [0.3, 0.4) is 0 Å². The molecule has 0 heterocycles. The molecule has 2 rings (SSSR count). The van der Waals surface area contributed by atoms with Crippen LogP contribution in [0.15, 0.2) is 18.2 Å². The van der Waals surface area contributed by atoms with E-state index in [1.54, 1.807) is 13.1 Å². The number of amides is 1. The smallest absolute Gasteiger partial charge is 0.300 e. The summed E-state index contributed by atoms with van der Waals surface area (Å²) < 4.78 is 0. The van der Waals surface area contributed by atoms with Gasteiger partial charge in [0.1, 0.15) is 10.6 Å². The number of halogens is 1. The third-order valence-electron chi connectivity index (χ3n) is 2.98. The van der Waals surface area contributed by atoms with E-state index >= 15 is 0 Å². The summed E-state index contributed by atoms with van der Waals surface area (Å²) in [5.74, 6) is 0.188. The summed E-state index contributed by atoms with van der Waals surface area (Å²) >= 11 is 5.78. The van der Waals surface area contributed by atoms with Gasteiger partial charge in [0.15, 0.2) is 0 Å². The van der Waals surface area contributed by atoms with Crippen LogP contribution in [0.5, 0.6) is 0 Å². The van der Waals surface area contributed by atoms with Gasteiger partial charge in [0.2, 0.25) is 0 Å². The van der Waals surface area contributed by atoms with Crippen LogP contribution >= 0.6 is 11.6 Å². The normalized spacial score (nSPS) is 14.3. The van der Waals surface area contributed by atoms with Gasteiger partial charge in [-0.2, -0.15) is 0 Å². The molecule has 6 heteroatoms. The fourth-order valence-electron chi connectivity index (χ4n) is 1.85. The van der Waals surface area contributed by atoms with Crippen molar-refractivity contribution in [3.8, 4) is 0 Å². The van der Waals surface area contributed by atoms with Crippen molar-refractivity contribution in [2.24, 2.45) is 5.92 Å². The van der Waals surface area contributed by atoms with Crippen molar-refractivity contribution in [1.82, 2.24) is 4.90 Å². The van der Waals surface area contributed by atoms with Crippen LogP contribution < -0.4 is 0 Å². The highest BCUT2D eigenvalue weighted by Gasteiger charge is 2.29. The summed E-state index contributed by atoms with van der Waals surface area (Å²) in [5, 5.41) is 10.9. The SMILES string of the molecule is CN(CC1CC1)C(=O)c1cccc(Cl)c1[N+](=O)[O-]. The summed E-state index contributed by atoms with van der Waals surface area (Å²) in [6.07, 6.45) is 2.24. The van der Waals surface area contributed by atoms with E-state index in [0.29, 0.717) is 12.5 Å². The molecule has 0 atom stereocenters. The minimum atomic E-state index is -0.611. The number of nitro groups is 1. The van der Waals surface area contributed by atoms with Gasteiger partial charge in [-0.1, -0.05) is 17.7 Å². The Kier molecular flexibility index (Phi) is 3.52. The molecule has 1 aliphatic carbocycles. The number of carbonyl (C=O) groups is 1. The minimum Gasteiger partial charge on any atom is -0.341 e. The summed E-state index contributed by atoms with van der Waals surface area (Å²) in [6.45, 7) is 0.641. The van der Waals surface area contributed by atoms with Gasteiger partial charge in [0, 0.05) is 13.6 Å². The van der Waals surface area contributed by atoms with E-state index in [1.807, 2.05) is 0 Å². The summed E-state index contributed by atoms with van der Waals surface area (Å²) in [7, 11) is 1.66. The lowest BCUT2D eigenvalue weighted by molar-refractivity contribution is -0.385. The fraction of sp³-hybridized carbons (Fsp3) is 0.417. The summed E-state index contributed by atoms with van der Waals surface area (Å²) in [4.78, 5) is 24.0. The molecule has 0 spiro atoms. The quantitative estimate of drug-likeness (QED) is 0.623. The van der Waals surface area contributed by atoms with Crippen molar-refractivity contribution in [1.29, 1.82) is 0 Å². The number of benzene rings is 1. The first-order valence-electron chi connectivity index (χ1n) is 5.69. The molecule has 1 aromatic carbocycles. The predicted octanol–water partition coefficient (Wildman–Crippen LogP) is 2.73. The standard InChI is InChI=1S/C12H13ClN2O3/c1-14(7-8-5-6-8)12(16)9-3-2-4-10(13)11(9)15(17)18/h2-4,8H,5-7H2,1H3. The average molecular weight is 269 g/mol. The number of nitrogens with zero attached hydrogens (tertiary/aromatic N) is 2. The summed E-state index contributed by atoms with van der Waals surface area (Å²) in [5.41, 5.74) is -0.262. The molecule has 1 aliphatic rings. The Labute approximate surface area is 109 Å². The molecule has 5 nitrogen and oxygen atoms in total. The van der Waals surface area contributed by atoms with Crippen LogP contribution in [0.25, 0.3) is 0 Å². The van der Waals surface area contributed by atoms with Gasteiger partial charge in [0.25, 0.3) is 5.91 Å². The summed E-state index contributed by atoms with van der Waals surface area (Å²) in [6, 6.07) is 4.40. The van der Waals surface area contributed by atoms with Crippen molar-refractivity contribution in [2.45, 2.75) is 12.8 Å². The van der Waals surface area contributed by atoms with Crippen molar-refractivity contribution in [3.63, 3.8) is 0 Å². The van der Waals surface area contributed by atoms with Crippen molar-refractivity contribution in [2.75, 3.05) is 13.6 Å². The maximum atomic E-state index is 12.1. The van der Waals surface area contributed by atoms with E-state index in [1.165, 1.54) is 17.0 Å².